The third kappa shape index (κ3) is 4.05. The SMILES string of the molecule is CC(C)(C)c1cnc(CCC(=O)N2CCOC(c3cccs3)C2)o1. The van der Waals surface area contributed by atoms with Crippen LogP contribution in [0.1, 0.15) is 49.8 Å². The molecule has 0 aliphatic carbocycles. The summed E-state index contributed by atoms with van der Waals surface area (Å²) in [6, 6.07) is 4.07. The zero-order valence-corrected chi connectivity index (χ0v) is 15.3. The number of thiophene rings is 1. The molecule has 1 fully saturated rings. The summed E-state index contributed by atoms with van der Waals surface area (Å²) in [6.07, 6.45) is 2.72. The van der Waals surface area contributed by atoms with Crippen molar-refractivity contribution in [3.8, 4) is 0 Å². The molecule has 1 amide bonds. The molecule has 24 heavy (non-hydrogen) atoms. The number of amides is 1. The molecule has 1 unspecified atom stereocenters. The zero-order valence-electron chi connectivity index (χ0n) is 14.4. The van der Waals surface area contributed by atoms with E-state index in [9.17, 15) is 4.79 Å². The van der Waals surface area contributed by atoms with E-state index in [1.54, 1.807) is 17.5 Å². The molecule has 0 radical (unpaired) electrons. The molecule has 1 saturated heterocycles. The summed E-state index contributed by atoms with van der Waals surface area (Å²) in [7, 11) is 0. The molecule has 2 aromatic heterocycles. The minimum atomic E-state index is -0.0621. The van der Waals surface area contributed by atoms with Crippen molar-refractivity contribution in [3.63, 3.8) is 0 Å². The van der Waals surface area contributed by atoms with Crippen molar-refractivity contribution in [1.29, 1.82) is 0 Å². The van der Waals surface area contributed by atoms with Gasteiger partial charge in [0.2, 0.25) is 5.91 Å². The van der Waals surface area contributed by atoms with Gasteiger partial charge in [0.05, 0.1) is 19.3 Å². The molecule has 5 nitrogen and oxygen atoms in total. The van der Waals surface area contributed by atoms with Crippen molar-refractivity contribution >= 4 is 17.2 Å². The number of carbonyl (C=O) groups is 1. The van der Waals surface area contributed by atoms with E-state index in [0.29, 0.717) is 38.4 Å². The highest BCUT2D eigenvalue weighted by molar-refractivity contribution is 7.10. The van der Waals surface area contributed by atoms with Crippen LogP contribution in [0.4, 0.5) is 0 Å². The number of oxazole rings is 1. The number of nitrogens with zero attached hydrogens (tertiary/aromatic N) is 2. The van der Waals surface area contributed by atoms with E-state index in [4.69, 9.17) is 9.15 Å². The molecule has 0 N–H and O–H groups in total. The predicted molar refractivity (Wildman–Crippen MR) is 93.1 cm³/mol. The fraction of sp³-hybridized carbons (Fsp3) is 0.556. The maximum absolute atomic E-state index is 12.5. The maximum atomic E-state index is 12.5. The quantitative estimate of drug-likeness (QED) is 0.848. The lowest BCUT2D eigenvalue weighted by molar-refractivity contribution is -0.138. The molecule has 0 aromatic carbocycles. The van der Waals surface area contributed by atoms with Gasteiger partial charge in [-0.1, -0.05) is 26.8 Å². The molecular formula is C18H24N2O3S. The molecule has 2 aromatic rings. The molecule has 1 atom stereocenters. The second-order valence-corrected chi connectivity index (χ2v) is 8.06. The minimum Gasteiger partial charge on any atom is -0.445 e. The third-order valence-corrected chi connectivity index (χ3v) is 5.09. The van der Waals surface area contributed by atoms with Gasteiger partial charge in [0, 0.05) is 29.7 Å². The molecule has 0 spiro atoms. The summed E-state index contributed by atoms with van der Waals surface area (Å²) in [5.41, 5.74) is -0.0621. The number of morpholine rings is 1. The fourth-order valence-corrected chi connectivity index (χ4v) is 3.43. The van der Waals surface area contributed by atoms with Crippen LogP contribution in [0.15, 0.2) is 28.1 Å². The second-order valence-electron chi connectivity index (χ2n) is 7.08. The van der Waals surface area contributed by atoms with Gasteiger partial charge in [-0.15, -0.1) is 11.3 Å². The number of rotatable bonds is 4. The van der Waals surface area contributed by atoms with Crippen LogP contribution in [-0.2, 0) is 21.4 Å². The zero-order chi connectivity index (χ0) is 17.2. The lowest BCUT2D eigenvalue weighted by Gasteiger charge is -2.32. The molecule has 0 bridgehead atoms. The number of aromatic nitrogens is 1. The first-order valence-corrected chi connectivity index (χ1v) is 9.19. The van der Waals surface area contributed by atoms with Crippen molar-refractivity contribution in [2.75, 3.05) is 19.7 Å². The second kappa shape index (κ2) is 7.07. The number of ether oxygens (including phenoxy) is 1. The van der Waals surface area contributed by atoms with Crippen LogP contribution in [-0.4, -0.2) is 35.5 Å². The van der Waals surface area contributed by atoms with Crippen LogP contribution in [0, 0.1) is 0 Å². The van der Waals surface area contributed by atoms with Gasteiger partial charge in [-0.3, -0.25) is 4.79 Å². The van der Waals surface area contributed by atoms with E-state index < -0.39 is 0 Å². The van der Waals surface area contributed by atoms with Gasteiger partial charge in [0.15, 0.2) is 5.89 Å². The highest BCUT2D eigenvalue weighted by Crippen LogP contribution is 2.27. The lowest BCUT2D eigenvalue weighted by atomic mass is 9.94. The normalized spacial score (nSPS) is 18.8. The Morgan fingerprint density at radius 1 is 1.46 bits per heavy atom. The smallest absolute Gasteiger partial charge is 0.223 e. The Hall–Kier alpha value is -1.66. The van der Waals surface area contributed by atoms with E-state index in [-0.39, 0.29) is 17.4 Å². The molecule has 6 heteroatoms. The topological polar surface area (TPSA) is 55.6 Å². The first-order chi connectivity index (χ1) is 11.4. The molecule has 3 rings (SSSR count). The summed E-state index contributed by atoms with van der Waals surface area (Å²) in [4.78, 5) is 19.9. The molecular weight excluding hydrogens is 324 g/mol. The number of hydrogen-bond donors (Lipinski definition) is 0. The molecule has 1 aliphatic rings. The largest absolute Gasteiger partial charge is 0.445 e. The van der Waals surface area contributed by atoms with Gasteiger partial charge in [-0.05, 0) is 11.4 Å². The Morgan fingerprint density at radius 2 is 2.29 bits per heavy atom. The average molecular weight is 348 g/mol. The molecule has 0 saturated carbocycles. The van der Waals surface area contributed by atoms with E-state index in [0.717, 1.165) is 5.76 Å². The van der Waals surface area contributed by atoms with Crippen molar-refractivity contribution in [2.24, 2.45) is 0 Å². The highest BCUT2D eigenvalue weighted by atomic mass is 32.1. The Morgan fingerprint density at radius 3 is 2.96 bits per heavy atom. The van der Waals surface area contributed by atoms with E-state index in [1.165, 1.54) is 4.88 Å². The number of aryl methyl sites for hydroxylation is 1. The van der Waals surface area contributed by atoms with Crippen molar-refractivity contribution in [3.05, 3.63) is 40.2 Å². The Bertz CT molecular complexity index is 673. The molecule has 3 heterocycles. The summed E-state index contributed by atoms with van der Waals surface area (Å²) in [6.45, 7) is 8.11. The van der Waals surface area contributed by atoms with Crippen LogP contribution in [0.2, 0.25) is 0 Å². The number of carbonyl (C=O) groups excluding carboxylic acids is 1. The average Bonchev–Trinajstić information content (AvgIpc) is 3.23. The highest BCUT2D eigenvalue weighted by Gasteiger charge is 2.26. The Kier molecular flexibility index (Phi) is 5.06. The van der Waals surface area contributed by atoms with E-state index >= 15 is 0 Å². The first kappa shape index (κ1) is 17.2. The van der Waals surface area contributed by atoms with Crippen LogP contribution >= 0.6 is 11.3 Å². The predicted octanol–water partition coefficient (Wildman–Crippen LogP) is 3.57. The van der Waals surface area contributed by atoms with Crippen LogP contribution < -0.4 is 0 Å². The van der Waals surface area contributed by atoms with Gasteiger partial charge >= 0.3 is 0 Å². The van der Waals surface area contributed by atoms with Crippen LogP contribution in [0.3, 0.4) is 0 Å². The van der Waals surface area contributed by atoms with Crippen molar-refractivity contribution in [2.45, 2.75) is 45.1 Å². The maximum Gasteiger partial charge on any atom is 0.223 e. The fourth-order valence-electron chi connectivity index (χ4n) is 2.67. The van der Waals surface area contributed by atoms with Gasteiger partial charge in [-0.25, -0.2) is 4.98 Å². The van der Waals surface area contributed by atoms with Gasteiger partial charge < -0.3 is 14.1 Å². The molecule has 130 valence electrons. The minimum absolute atomic E-state index is 0.00284. The Balaban J connectivity index is 1.54. The number of hydrogen-bond acceptors (Lipinski definition) is 5. The third-order valence-electron chi connectivity index (χ3n) is 4.13. The monoisotopic (exact) mass is 348 g/mol. The van der Waals surface area contributed by atoms with E-state index in [2.05, 4.69) is 31.8 Å². The van der Waals surface area contributed by atoms with Crippen LogP contribution in [0.25, 0.3) is 0 Å². The Labute approximate surface area is 146 Å². The molecule has 1 aliphatic heterocycles. The summed E-state index contributed by atoms with van der Waals surface area (Å²) in [5.74, 6) is 1.63. The van der Waals surface area contributed by atoms with Crippen molar-refractivity contribution in [1.82, 2.24) is 9.88 Å². The summed E-state index contributed by atoms with van der Waals surface area (Å²) in [5, 5.41) is 2.04. The van der Waals surface area contributed by atoms with Gasteiger partial charge in [0.25, 0.3) is 0 Å². The lowest BCUT2D eigenvalue weighted by Crippen LogP contribution is -2.42. The first-order valence-electron chi connectivity index (χ1n) is 8.31. The van der Waals surface area contributed by atoms with Crippen LogP contribution in [0.5, 0.6) is 0 Å². The van der Waals surface area contributed by atoms with Crippen molar-refractivity contribution < 1.29 is 13.9 Å². The summed E-state index contributed by atoms with van der Waals surface area (Å²) < 4.78 is 11.6. The summed E-state index contributed by atoms with van der Waals surface area (Å²) >= 11 is 1.67. The van der Waals surface area contributed by atoms with Gasteiger partial charge in [0.1, 0.15) is 11.9 Å². The van der Waals surface area contributed by atoms with E-state index in [1.807, 2.05) is 16.3 Å². The van der Waals surface area contributed by atoms with Gasteiger partial charge in [-0.2, -0.15) is 0 Å². The standard InChI is InChI=1S/C18H24N2O3S/c1-18(2,3)15-11-19-16(23-15)6-7-17(21)20-8-9-22-13(12-20)14-5-4-10-24-14/h4-5,10-11,13H,6-9,12H2,1-3H3.